The number of nitrogens with zero attached hydrogens (tertiary/aromatic N) is 2. The molecule has 0 radical (unpaired) electrons. The van der Waals surface area contributed by atoms with Crippen LogP contribution in [0.1, 0.15) is 17.3 Å². The number of hydrogen-bond donors (Lipinski definition) is 1. The molecule has 0 unspecified atom stereocenters. The highest BCUT2D eigenvalue weighted by Gasteiger charge is 2.25. The second-order valence-electron chi connectivity index (χ2n) is 4.05. The topological polar surface area (TPSA) is 116 Å². The lowest BCUT2D eigenvalue weighted by Gasteiger charge is -2.21. The van der Waals surface area contributed by atoms with E-state index in [4.69, 9.17) is 5.73 Å². The number of hydrogen-bond acceptors (Lipinski definition) is 6. The van der Waals surface area contributed by atoms with Crippen molar-refractivity contribution in [1.29, 1.82) is 0 Å². The minimum absolute atomic E-state index is 0.0805. The Labute approximate surface area is 119 Å². The number of nitro benzene ring substituents is 1. The van der Waals surface area contributed by atoms with E-state index in [1.807, 2.05) is 0 Å². The molecule has 0 atom stereocenters. The fourth-order valence-corrected chi connectivity index (χ4v) is 1.77. The van der Waals surface area contributed by atoms with Crippen LogP contribution in [-0.4, -0.2) is 37.0 Å². The predicted octanol–water partition coefficient (Wildman–Crippen LogP) is 0.832. The second-order valence-corrected chi connectivity index (χ2v) is 4.05. The molecule has 1 aromatic carbocycles. The molecular weight excluding hydrogens is 285 g/mol. The van der Waals surface area contributed by atoms with Crippen LogP contribution < -0.4 is 10.6 Å². The van der Waals surface area contributed by atoms with Crippen molar-refractivity contribution in [2.75, 3.05) is 25.1 Å². The van der Waals surface area contributed by atoms with Crippen LogP contribution in [0.2, 0.25) is 0 Å². The van der Waals surface area contributed by atoms with E-state index in [1.54, 1.807) is 6.92 Å². The number of halogens is 1. The number of ether oxygens (including phenoxy) is 1. The summed E-state index contributed by atoms with van der Waals surface area (Å²) in [6.07, 6.45) is 0. The van der Waals surface area contributed by atoms with Crippen molar-refractivity contribution in [1.82, 2.24) is 0 Å². The monoisotopic (exact) mass is 299 g/mol. The molecule has 0 saturated carbocycles. The lowest BCUT2D eigenvalue weighted by molar-refractivity contribution is -0.384. The molecule has 0 aliphatic rings. The average Bonchev–Trinajstić information content (AvgIpc) is 2.43. The highest BCUT2D eigenvalue weighted by molar-refractivity contribution is 5.92. The number of primary amides is 1. The van der Waals surface area contributed by atoms with Gasteiger partial charge in [-0.2, -0.15) is 0 Å². The van der Waals surface area contributed by atoms with Gasteiger partial charge in [0.25, 0.3) is 5.69 Å². The van der Waals surface area contributed by atoms with Gasteiger partial charge < -0.3 is 15.4 Å². The van der Waals surface area contributed by atoms with Crippen LogP contribution in [0.5, 0.6) is 0 Å². The van der Waals surface area contributed by atoms with Gasteiger partial charge >= 0.3 is 5.97 Å². The maximum atomic E-state index is 13.7. The summed E-state index contributed by atoms with van der Waals surface area (Å²) in [4.78, 5) is 33.9. The summed E-state index contributed by atoms with van der Waals surface area (Å²) in [5.41, 5.74) is 3.97. The fourth-order valence-electron chi connectivity index (χ4n) is 1.77. The number of rotatable bonds is 6. The predicted molar refractivity (Wildman–Crippen MR) is 71.5 cm³/mol. The summed E-state index contributed by atoms with van der Waals surface area (Å²) in [5.74, 6) is -2.76. The van der Waals surface area contributed by atoms with Gasteiger partial charge in [0, 0.05) is 6.54 Å². The number of carbonyl (C=O) groups is 2. The zero-order valence-electron chi connectivity index (χ0n) is 11.5. The van der Waals surface area contributed by atoms with Gasteiger partial charge in [0.05, 0.1) is 30.2 Å². The van der Waals surface area contributed by atoms with E-state index in [0.29, 0.717) is 6.07 Å². The van der Waals surface area contributed by atoms with Crippen molar-refractivity contribution >= 4 is 23.3 Å². The molecule has 114 valence electrons. The second kappa shape index (κ2) is 6.64. The molecule has 8 nitrogen and oxygen atoms in total. The summed E-state index contributed by atoms with van der Waals surface area (Å²) < 4.78 is 18.2. The molecule has 0 heterocycles. The molecule has 0 aromatic heterocycles. The van der Waals surface area contributed by atoms with Gasteiger partial charge in [-0.1, -0.05) is 0 Å². The van der Waals surface area contributed by atoms with Gasteiger partial charge in [0.15, 0.2) is 0 Å². The van der Waals surface area contributed by atoms with Crippen molar-refractivity contribution < 1.29 is 23.6 Å². The highest BCUT2D eigenvalue weighted by Crippen LogP contribution is 2.31. The SMILES string of the molecule is CCN(CC(N)=O)c1cc(C(=O)OC)c(F)cc1[N+](=O)[O-]. The van der Waals surface area contributed by atoms with Crippen molar-refractivity contribution in [3.63, 3.8) is 0 Å². The molecule has 0 fully saturated rings. The molecule has 1 amide bonds. The van der Waals surface area contributed by atoms with E-state index in [-0.39, 0.29) is 18.8 Å². The van der Waals surface area contributed by atoms with Crippen molar-refractivity contribution in [2.45, 2.75) is 6.92 Å². The van der Waals surface area contributed by atoms with Crippen LogP contribution in [-0.2, 0) is 9.53 Å². The van der Waals surface area contributed by atoms with Crippen LogP contribution in [0.4, 0.5) is 15.8 Å². The summed E-state index contributed by atoms with van der Waals surface area (Å²) in [6, 6.07) is 1.59. The molecule has 1 rings (SSSR count). The molecule has 0 spiro atoms. The summed E-state index contributed by atoms with van der Waals surface area (Å²) in [7, 11) is 1.06. The summed E-state index contributed by atoms with van der Waals surface area (Å²) in [6.45, 7) is 1.54. The number of likely N-dealkylation sites (N-methyl/N-ethyl adjacent to an activating group) is 1. The van der Waals surface area contributed by atoms with E-state index in [0.717, 1.165) is 13.2 Å². The van der Waals surface area contributed by atoms with Crippen molar-refractivity contribution in [3.05, 3.63) is 33.6 Å². The Hall–Kier alpha value is -2.71. The van der Waals surface area contributed by atoms with Crippen LogP contribution in [0.3, 0.4) is 0 Å². The van der Waals surface area contributed by atoms with Gasteiger partial charge in [-0.05, 0) is 13.0 Å². The molecule has 9 heteroatoms. The van der Waals surface area contributed by atoms with E-state index < -0.39 is 33.9 Å². The normalized spacial score (nSPS) is 10.0. The van der Waals surface area contributed by atoms with E-state index in [1.165, 1.54) is 4.90 Å². The molecule has 0 aliphatic heterocycles. The smallest absolute Gasteiger partial charge is 0.340 e. The molecule has 0 saturated heterocycles. The minimum atomic E-state index is -1.08. The third-order valence-electron chi connectivity index (χ3n) is 2.74. The van der Waals surface area contributed by atoms with E-state index in [2.05, 4.69) is 4.74 Å². The number of carbonyl (C=O) groups excluding carboxylic acids is 2. The summed E-state index contributed by atoms with van der Waals surface area (Å²) in [5, 5.41) is 11.0. The Morgan fingerprint density at radius 1 is 1.48 bits per heavy atom. The number of methoxy groups -OCH3 is 1. The Morgan fingerprint density at radius 2 is 2.10 bits per heavy atom. The number of esters is 1. The third kappa shape index (κ3) is 3.65. The number of nitrogens with two attached hydrogens (primary N) is 1. The maximum absolute atomic E-state index is 13.7. The number of anilines is 1. The number of nitro groups is 1. The fraction of sp³-hybridized carbons (Fsp3) is 0.333. The highest BCUT2D eigenvalue weighted by atomic mass is 19.1. The Kier molecular flexibility index (Phi) is 5.17. The molecule has 0 bridgehead atoms. The Bertz CT molecular complexity index is 591. The van der Waals surface area contributed by atoms with E-state index >= 15 is 0 Å². The number of amides is 1. The first-order valence-electron chi connectivity index (χ1n) is 5.91. The molecule has 0 aliphatic carbocycles. The third-order valence-corrected chi connectivity index (χ3v) is 2.74. The maximum Gasteiger partial charge on any atom is 0.340 e. The van der Waals surface area contributed by atoms with Gasteiger partial charge in [0.1, 0.15) is 11.5 Å². The minimum Gasteiger partial charge on any atom is -0.465 e. The van der Waals surface area contributed by atoms with Crippen LogP contribution >= 0.6 is 0 Å². The standard InChI is InChI=1S/C12H14FN3O5/c1-3-15(6-11(14)17)9-4-7(12(18)21-2)8(13)5-10(9)16(19)20/h4-5H,3,6H2,1-2H3,(H2,14,17). The molecule has 1 aromatic rings. The van der Waals surface area contributed by atoms with Gasteiger partial charge in [0.2, 0.25) is 5.91 Å². The quantitative estimate of drug-likeness (QED) is 0.472. The zero-order chi connectivity index (χ0) is 16.2. The Morgan fingerprint density at radius 3 is 2.52 bits per heavy atom. The zero-order valence-corrected chi connectivity index (χ0v) is 11.5. The summed E-state index contributed by atoms with van der Waals surface area (Å²) >= 11 is 0. The van der Waals surface area contributed by atoms with Crippen LogP contribution in [0.25, 0.3) is 0 Å². The first-order chi connectivity index (χ1) is 9.81. The van der Waals surface area contributed by atoms with Crippen LogP contribution in [0.15, 0.2) is 12.1 Å². The van der Waals surface area contributed by atoms with Crippen LogP contribution in [0, 0.1) is 15.9 Å². The van der Waals surface area contributed by atoms with Crippen molar-refractivity contribution in [2.24, 2.45) is 5.73 Å². The average molecular weight is 299 g/mol. The molecule has 21 heavy (non-hydrogen) atoms. The largest absolute Gasteiger partial charge is 0.465 e. The lowest BCUT2D eigenvalue weighted by Crippen LogP contribution is -2.34. The molecular formula is C12H14FN3O5. The Balaban J connectivity index is 3.47. The lowest BCUT2D eigenvalue weighted by atomic mass is 10.1. The van der Waals surface area contributed by atoms with Gasteiger partial charge in [-0.15, -0.1) is 0 Å². The van der Waals surface area contributed by atoms with Gasteiger partial charge in [-0.25, -0.2) is 9.18 Å². The van der Waals surface area contributed by atoms with E-state index in [9.17, 15) is 24.1 Å². The first kappa shape index (κ1) is 16.3. The van der Waals surface area contributed by atoms with Crippen molar-refractivity contribution in [3.8, 4) is 0 Å². The molecule has 2 N–H and O–H groups in total. The van der Waals surface area contributed by atoms with Gasteiger partial charge in [-0.3, -0.25) is 14.9 Å². The number of benzene rings is 1. The first-order valence-corrected chi connectivity index (χ1v) is 5.91.